The number of hydrogen-bond acceptors (Lipinski definition) is 2. The van der Waals surface area contributed by atoms with Crippen molar-refractivity contribution in [1.29, 1.82) is 0 Å². The number of ether oxygens (including phenoxy) is 1. The minimum atomic E-state index is 0.283. The van der Waals surface area contributed by atoms with E-state index in [1.165, 1.54) is 24.8 Å². The maximum atomic E-state index is 6.71. The second-order valence-electron chi connectivity index (χ2n) is 7.04. The highest BCUT2D eigenvalue weighted by molar-refractivity contribution is 5.38. The van der Waals surface area contributed by atoms with Crippen molar-refractivity contribution in [2.24, 2.45) is 23.5 Å². The summed E-state index contributed by atoms with van der Waals surface area (Å²) in [6.07, 6.45) is 5.03. The van der Waals surface area contributed by atoms with E-state index in [9.17, 15) is 0 Å². The SMILES string of the molecule is CC1CC(C)CC(C(N)C2CCOc3ccccc32)C1. The summed E-state index contributed by atoms with van der Waals surface area (Å²) >= 11 is 0. The van der Waals surface area contributed by atoms with Gasteiger partial charge in [0.15, 0.2) is 0 Å². The van der Waals surface area contributed by atoms with Crippen molar-refractivity contribution in [3.8, 4) is 5.75 Å². The van der Waals surface area contributed by atoms with E-state index in [1.54, 1.807) is 0 Å². The standard InChI is InChI=1S/C18H27NO/c1-12-9-13(2)11-14(10-12)18(19)16-7-8-20-17-6-4-3-5-15(16)17/h3-6,12-14,16,18H,7-11,19H2,1-2H3. The molecule has 2 aliphatic rings. The molecule has 1 heterocycles. The van der Waals surface area contributed by atoms with Crippen LogP contribution in [0.15, 0.2) is 24.3 Å². The third-order valence-electron chi connectivity index (χ3n) is 5.23. The number of benzene rings is 1. The fourth-order valence-electron chi connectivity index (χ4n) is 4.42. The molecule has 1 aromatic carbocycles. The van der Waals surface area contributed by atoms with Gasteiger partial charge in [-0.15, -0.1) is 0 Å². The predicted molar refractivity (Wildman–Crippen MR) is 82.9 cm³/mol. The first-order chi connectivity index (χ1) is 9.65. The molecular formula is C18H27NO. The lowest BCUT2D eigenvalue weighted by molar-refractivity contribution is 0.163. The molecule has 4 atom stereocenters. The van der Waals surface area contributed by atoms with Gasteiger partial charge >= 0.3 is 0 Å². The largest absolute Gasteiger partial charge is 0.493 e. The minimum Gasteiger partial charge on any atom is -0.493 e. The summed E-state index contributed by atoms with van der Waals surface area (Å²) < 4.78 is 5.78. The number of rotatable bonds is 2. The van der Waals surface area contributed by atoms with Crippen LogP contribution in [0.1, 0.15) is 51.0 Å². The molecule has 0 radical (unpaired) electrons. The quantitative estimate of drug-likeness (QED) is 0.885. The van der Waals surface area contributed by atoms with E-state index in [0.29, 0.717) is 11.8 Å². The van der Waals surface area contributed by atoms with Crippen LogP contribution in [-0.2, 0) is 0 Å². The third kappa shape index (κ3) is 2.71. The van der Waals surface area contributed by atoms with Gasteiger partial charge in [0.1, 0.15) is 5.75 Å². The van der Waals surface area contributed by atoms with Crippen LogP contribution in [0, 0.1) is 17.8 Å². The van der Waals surface area contributed by atoms with Crippen molar-refractivity contribution in [2.45, 2.75) is 51.5 Å². The van der Waals surface area contributed by atoms with Crippen molar-refractivity contribution in [1.82, 2.24) is 0 Å². The first-order valence-corrected chi connectivity index (χ1v) is 8.12. The number of nitrogens with two attached hydrogens (primary N) is 1. The van der Waals surface area contributed by atoms with Crippen LogP contribution < -0.4 is 10.5 Å². The molecule has 0 aromatic heterocycles. The van der Waals surface area contributed by atoms with E-state index in [1.807, 2.05) is 0 Å². The lowest BCUT2D eigenvalue weighted by atomic mass is 9.69. The summed E-state index contributed by atoms with van der Waals surface area (Å²) in [6, 6.07) is 8.73. The predicted octanol–water partition coefficient (Wildman–Crippen LogP) is 3.95. The molecule has 4 unspecified atom stereocenters. The van der Waals surface area contributed by atoms with Crippen LogP contribution in [0.25, 0.3) is 0 Å². The Kier molecular flexibility index (Phi) is 4.02. The van der Waals surface area contributed by atoms with Gasteiger partial charge < -0.3 is 10.5 Å². The van der Waals surface area contributed by atoms with Crippen molar-refractivity contribution in [3.63, 3.8) is 0 Å². The van der Waals surface area contributed by atoms with E-state index >= 15 is 0 Å². The average molecular weight is 273 g/mol. The molecule has 20 heavy (non-hydrogen) atoms. The Bertz CT molecular complexity index is 448. The van der Waals surface area contributed by atoms with Gasteiger partial charge in [0, 0.05) is 12.0 Å². The molecule has 1 aliphatic heterocycles. The van der Waals surface area contributed by atoms with Crippen LogP contribution in [0.2, 0.25) is 0 Å². The smallest absolute Gasteiger partial charge is 0.122 e. The third-order valence-corrected chi connectivity index (χ3v) is 5.23. The zero-order valence-corrected chi connectivity index (χ0v) is 12.7. The summed E-state index contributed by atoms with van der Waals surface area (Å²) in [5, 5.41) is 0. The van der Waals surface area contributed by atoms with Gasteiger partial charge in [-0.1, -0.05) is 32.0 Å². The molecule has 1 saturated carbocycles. The maximum absolute atomic E-state index is 6.71. The normalized spacial score (nSPS) is 35.0. The molecule has 3 rings (SSSR count). The van der Waals surface area contributed by atoms with Crippen LogP contribution in [-0.4, -0.2) is 12.6 Å². The minimum absolute atomic E-state index is 0.283. The molecule has 0 amide bonds. The second-order valence-corrected chi connectivity index (χ2v) is 7.04. The topological polar surface area (TPSA) is 35.2 Å². The zero-order chi connectivity index (χ0) is 14.1. The van der Waals surface area contributed by atoms with E-state index in [0.717, 1.165) is 30.6 Å². The Hall–Kier alpha value is -1.02. The Morgan fingerprint density at radius 1 is 1.10 bits per heavy atom. The van der Waals surface area contributed by atoms with Gasteiger partial charge in [-0.2, -0.15) is 0 Å². The van der Waals surface area contributed by atoms with E-state index in [-0.39, 0.29) is 6.04 Å². The van der Waals surface area contributed by atoms with E-state index in [4.69, 9.17) is 10.5 Å². The molecule has 0 bridgehead atoms. The second kappa shape index (κ2) is 5.77. The van der Waals surface area contributed by atoms with Crippen LogP contribution in [0.3, 0.4) is 0 Å². The highest BCUT2D eigenvalue weighted by atomic mass is 16.5. The van der Waals surface area contributed by atoms with Gasteiger partial charge in [-0.25, -0.2) is 0 Å². The number of fused-ring (bicyclic) bond motifs is 1. The van der Waals surface area contributed by atoms with Crippen molar-refractivity contribution in [2.75, 3.05) is 6.61 Å². The number of para-hydroxylation sites is 1. The Labute approximate surface area is 122 Å². The highest BCUT2D eigenvalue weighted by Crippen LogP contribution is 2.42. The highest BCUT2D eigenvalue weighted by Gasteiger charge is 2.35. The van der Waals surface area contributed by atoms with E-state index < -0.39 is 0 Å². The van der Waals surface area contributed by atoms with Crippen molar-refractivity contribution in [3.05, 3.63) is 29.8 Å². The molecular weight excluding hydrogens is 246 g/mol. The Morgan fingerprint density at radius 2 is 1.80 bits per heavy atom. The summed E-state index contributed by atoms with van der Waals surface area (Å²) in [4.78, 5) is 0. The molecule has 2 heteroatoms. The summed E-state index contributed by atoms with van der Waals surface area (Å²) in [7, 11) is 0. The lowest BCUT2D eigenvalue weighted by Gasteiger charge is -2.40. The molecule has 2 nitrogen and oxygen atoms in total. The van der Waals surface area contributed by atoms with Crippen LogP contribution >= 0.6 is 0 Å². The first kappa shape index (κ1) is 13.9. The Balaban J connectivity index is 1.79. The summed E-state index contributed by atoms with van der Waals surface area (Å²) in [5.74, 6) is 3.85. The van der Waals surface area contributed by atoms with Gasteiger partial charge in [0.2, 0.25) is 0 Å². The fourth-order valence-corrected chi connectivity index (χ4v) is 4.42. The van der Waals surface area contributed by atoms with Gasteiger partial charge in [-0.05, 0) is 55.1 Å². The van der Waals surface area contributed by atoms with Gasteiger partial charge in [-0.3, -0.25) is 0 Å². The van der Waals surface area contributed by atoms with Crippen molar-refractivity contribution < 1.29 is 4.74 Å². The monoisotopic (exact) mass is 273 g/mol. The van der Waals surface area contributed by atoms with Gasteiger partial charge in [0.25, 0.3) is 0 Å². The molecule has 1 fully saturated rings. The molecule has 1 aromatic rings. The summed E-state index contributed by atoms with van der Waals surface area (Å²) in [5.41, 5.74) is 8.04. The van der Waals surface area contributed by atoms with Gasteiger partial charge in [0.05, 0.1) is 6.61 Å². The van der Waals surface area contributed by atoms with Crippen LogP contribution in [0.4, 0.5) is 0 Å². The molecule has 0 saturated heterocycles. The molecule has 110 valence electrons. The maximum Gasteiger partial charge on any atom is 0.122 e. The molecule has 0 spiro atoms. The van der Waals surface area contributed by atoms with Crippen LogP contribution in [0.5, 0.6) is 5.75 Å². The molecule has 2 N–H and O–H groups in total. The van der Waals surface area contributed by atoms with E-state index in [2.05, 4.69) is 38.1 Å². The Morgan fingerprint density at radius 3 is 2.55 bits per heavy atom. The average Bonchev–Trinajstić information content (AvgIpc) is 2.45. The molecule has 1 aliphatic carbocycles. The first-order valence-electron chi connectivity index (χ1n) is 8.12. The van der Waals surface area contributed by atoms with Crippen molar-refractivity contribution >= 4 is 0 Å². The fraction of sp³-hybridized carbons (Fsp3) is 0.667. The summed E-state index contributed by atoms with van der Waals surface area (Å²) in [6.45, 7) is 5.58. The zero-order valence-electron chi connectivity index (χ0n) is 12.7. The number of hydrogen-bond donors (Lipinski definition) is 1. The lowest BCUT2D eigenvalue weighted by Crippen LogP contribution is -2.41.